The van der Waals surface area contributed by atoms with Crippen molar-refractivity contribution in [1.29, 1.82) is 0 Å². The second kappa shape index (κ2) is 14.0. The number of ether oxygens (including phenoxy) is 4. The van der Waals surface area contributed by atoms with E-state index < -0.39 is 4.92 Å². The molecule has 2 unspecified atom stereocenters. The molecule has 0 N–H and O–H groups in total. The van der Waals surface area contributed by atoms with Gasteiger partial charge in [0, 0.05) is 44.1 Å². The fourth-order valence-corrected chi connectivity index (χ4v) is 4.13. The molecule has 2 aromatic rings. The quantitative estimate of drug-likeness (QED) is 0.203. The van der Waals surface area contributed by atoms with Gasteiger partial charge < -0.3 is 23.8 Å². The molecule has 0 radical (unpaired) electrons. The Morgan fingerprint density at radius 2 is 1.31 bits per heavy atom. The summed E-state index contributed by atoms with van der Waals surface area (Å²) in [7, 11) is 0. The molecule has 2 saturated heterocycles. The minimum Gasteiger partial charge on any atom is -0.367 e. The van der Waals surface area contributed by atoms with Crippen LogP contribution in [0.3, 0.4) is 0 Å². The molecule has 36 heavy (non-hydrogen) atoms. The van der Waals surface area contributed by atoms with E-state index in [4.69, 9.17) is 18.9 Å². The normalized spacial score (nSPS) is 20.4. The van der Waals surface area contributed by atoms with Crippen LogP contribution in [-0.2, 0) is 18.9 Å². The molecule has 2 fully saturated rings. The van der Waals surface area contributed by atoms with Crippen LogP contribution in [0.2, 0.25) is 0 Å². The number of anilines is 1. The summed E-state index contributed by atoms with van der Waals surface area (Å²) in [4.78, 5) is 12.6. The molecule has 2 atom stereocenters. The zero-order valence-electron chi connectivity index (χ0n) is 20.5. The lowest BCUT2D eigenvalue weighted by Crippen LogP contribution is -2.34. The molecule has 194 valence electrons. The van der Waals surface area contributed by atoms with Gasteiger partial charge in [-0.25, -0.2) is 0 Å². The minimum absolute atomic E-state index is 0.0245. The van der Waals surface area contributed by atoms with Crippen molar-refractivity contribution in [2.45, 2.75) is 51.1 Å². The molecule has 0 aromatic heterocycles. The standard InChI is InChI=1S/C26H34N4O6/c31-30(32)24-13-9-22(10-14-24)28-27-21-7-11-23(12-8-21)29(15-19-35-25-5-1-3-17-33-25)16-20-36-26-6-2-4-18-34-26/h7-14,25-26H,1-6,15-20H2. The van der Waals surface area contributed by atoms with Crippen LogP contribution in [0.5, 0.6) is 0 Å². The number of rotatable bonds is 12. The van der Waals surface area contributed by atoms with Crippen molar-refractivity contribution in [2.75, 3.05) is 44.4 Å². The lowest BCUT2D eigenvalue weighted by atomic mass is 10.2. The van der Waals surface area contributed by atoms with E-state index in [1.807, 2.05) is 24.3 Å². The highest BCUT2D eigenvalue weighted by molar-refractivity contribution is 5.53. The van der Waals surface area contributed by atoms with Gasteiger partial charge in [-0.1, -0.05) is 0 Å². The Labute approximate surface area is 211 Å². The predicted octanol–water partition coefficient (Wildman–Crippen LogP) is 5.90. The van der Waals surface area contributed by atoms with Gasteiger partial charge in [-0.3, -0.25) is 10.1 Å². The average Bonchev–Trinajstić information content (AvgIpc) is 2.93. The Morgan fingerprint density at radius 1 is 0.806 bits per heavy atom. The average molecular weight is 499 g/mol. The number of hydrogen-bond acceptors (Lipinski definition) is 9. The fraction of sp³-hybridized carbons (Fsp3) is 0.538. The van der Waals surface area contributed by atoms with E-state index in [-0.39, 0.29) is 18.3 Å². The van der Waals surface area contributed by atoms with Crippen molar-refractivity contribution in [1.82, 2.24) is 0 Å². The topological polar surface area (TPSA) is 108 Å². The number of nitrogens with zero attached hydrogens (tertiary/aromatic N) is 4. The number of nitro benzene ring substituents is 1. The number of hydrogen-bond donors (Lipinski definition) is 0. The number of non-ortho nitro benzene ring substituents is 1. The van der Waals surface area contributed by atoms with Crippen LogP contribution in [0.4, 0.5) is 22.7 Å². The van der Waals surface area contributed by atoms with Crippen molar-refractivity contribution >= 4 is 22.7 Å². The molecular weight excluding hydrogens is 464 g/mol. The van der Waals surface area contributed by atoms with Gasteiger partial charge in [-0.2, -0.15) is 10.2 Å². The van der Waals surface area contributed by atoms with Crippen molar-refractivity contribution < 1.29 is 23.9 Å². The molecule has 2 heterocycles. The van der Waals surface area contributed by atoms with Gasteiger partial charge in [0.2, 0.25) is 0 Å². The second-order valence-corrected chi connectivity index (χ2v) is 8.81. The van der Waals surface area contributed by atoms with Crippen LogP contribution in [0.1, 0.15) is 38.5 Å². The van der Waals surface area contributed by atoms with Crippen LogP contribution in [0.15, 0.2) is 58.8 Å². The third-order valence-corrected chi connectivity index (χ3v) is 6.16. The summed E-state index contributed by atoms with van der Waals surface area (Å²) in [5, 5.41) is 19.2. The van der Waals surface area contributed by atoms with E-state index >= 15 is 0 Å². The first kappa shape index (κ1) is 26.2. The molecular formula is C26H34N4O6. The van der Waals surface area contributed by atoms with Crippen LogP contribution in [0, 0.1) is 10.1 Å². The summed E-state index contributed by atoms with van der Waals surface area (Å²) in [6.45, 7) is 4.06. The van der Waals surface area contributed by atoms with Gasteiger partial charge >= 0.3 is 0 Å². The van der Waals surface area contributed by atoms with Crippen molar-refractivity contribution in [2.24, 2.45) is 10.2 Å². The molecule has 10 heteroatoms. The second-order valence-electron chi connectivity index (χ2n) is 8.81. The largest absolute Gasteiger partial charge is 0.367 e. The Hall–Kier alpha value is -2.92. The summed E-state index contributed by atoms with van der Waals surface area (Å²) in [5.41, 5.74) is 2.30. The molecule has 2 aromatic carbocycles. The number of nitro groups is 1. The van der Waals surface area contributed by atoms with Gasteiger partial charge in [-0.05, 0) is 74.9 Å². The van der Waals surface area contributed by atoms with Crippen LogP contribution < -0.4 is 4.90 Å². The minimum atomic E-state index is -0.439. The molecule has 0 saturated carbocycles. The zero-order chi connectivity index (χ0) is 25.0. The van der Waals surface area contributed by atoms with Gasteiger partial charge in [-0.15, -0.1) is 0 Å². The maximum Gasteiger partial charge on any atom is 0.269 e. The van der Waals surface area contributed by atoms with Crippen molar-refractivity contribution in [3.8, 4) is 0 Å². The molecule has 0 amide bonds. The summed E-state index contributed by atoms with van der Waals surface area (Å²) < 4.78 is 23.3. The third-order valence-electron chi connectivity index (χ3n) is 6.16. The monoisotopic (exact) mass is 498 g/mol. The molecule has 0 spiro atoms. The summed E-state index contributed by atoms with van der Waals surface area (Å²) >= 11 is 0. The van der Waals surface area contributed by atoms with E-state index in [9.17, 15) is 10.1 Å². The molecule has 0 aliphatic carbocycles. The highest BCUT2D eigenvalue weighted by Crippen LogP contribution is 2.24. The Kier molecular flexibility index (Phi) is 10.2. The van der Waals surface area contributed by atoms with E-state index in [1.54, 1.807) is 12.1 Å². The molecule has 2 aliphatic heterocycles. The van der Waals surface area contributed by atoms with E-state index in [0.717, 1.165) is 57.4 Å². The van der Waals surface area contributed by atoms with Gasteiger partial charge in [0.1, 0.15) is 0 Å². The smallest absolute Gasteiger partial charge is 0.269 e. The maximum absolute atomic E-state index is 10.8. The first-order valence-corrected chi connectivity index (χ1v) is 12.6. The molecule has 0 bridgehead atoms. The summed E-state index contributed by atoms with van der Waals surface area (Å²) in [6.07, 6.45) is 6.12. The van der Waals surface area contributed by atoms with E-state index in [2.05, 4.69) is 15.1 Å². The number of benzene rings is 2. The van der Waals surface area contributed by atoms with Crippen LogP contribution >= 0.6 is 0 Å². The first-order chi connectivity index (χ1) is 17.7. The van der Waals surface area contributed by atoms with Crippen LogP contribution in [-0.4, -0.2) is 57.0 Å². The predicted molar refractivity (Wildman–Crippen MR) is 135 cm³/mol. The Bertz CT molecular complexity index is 933. The molecule has 10 nitrogen and oxygen atoms in total. The fourth-order valence-electron chi connectivity index (χ4n) is 4.13. The zero-order valence-corrected chi connectivity index (χ0v) is 20.5. The highest BCUT2D eigenvalue weighted by Gasteiger charge is 2.17. The van der Waals surface area contributed by atoms with Gasteiger partial charge in [0.15, 0.2) is 12.6 Å². The van der Waals surface area contributed by atoms with Crippen LogP contribution in [0.25, 0.3) is 0 Å². The van der Waals surface area contributed by atoms with E-state index in [1.165, 1.54) is 12.1 Å². The van der Waals surface area contributed by atoms with Crippen molar-refractivity contribution in [3.63, 3.8) is 0 Å². The van der Waals surface area contributed by atoms with Gasteiger partial charge in [0.05, 0.1) is 29.5 Å². The lowest BCUT2D eigenvalue weighted by Gasteiger charge is -2.29. The van der Waals surface area contributed by atoms with Gasteiger partial charge in [0.25, 0.3) is 5.69 Å². The third kappa shape index (κ3) is 8.34. The molecule has 2 aliphatic rings. The SMILES string of the molecule is O=[N+]([O-])c1ccc(N=Nc2ccc(N(CCOC3CCCCO3)CCOC3CCCCO3)cc2)cc1. The molecule has 4 rings (SSSR count). The first-order valence-electron chi connectivity index (χ1n) is 12.6. The number of azo groups is 1. The Morgan fingerprint density at radius 3 is 1.75 bits per heavy atom. The van der Waals surface area contributed by atoms with E-state index in [0.29, 0.717) is 37.7 Å². The lowest BCUT2D eigenvalue weighted by molar-refractivity contribution is -0.384. The summed E-state index contributed by atoms with van der Waals surface area (Å²) in [5.74, 6) is 0. The van der Waals surface area contributed by atoms with Crippen molar-refractivity contribution in [3.05, 3.63) is 58.6 Å². The highest BCUT2D eigenvalue weighted by atomic mass is 16.7. The maximum atomic E-state index is 10.8. The Balaban J connectivity index is 1.33. The summed E-state index contributed by atoms with van der Waals surface area (Å²) in [6, 6.07) is 13.8.